The number of carbonyl (C=O) groups is 1. The Labute approximate surface area is 120 Å². The van der Waals surface area contributed by atoms with E-state index >= 15 is 0 Å². The number of aryl methyl sites for hydroxylation is 1. The van der Waals surface area contributed by atoms with Gasteiger partial charge in [0.15, 0.2) is 5.16 Å². The summed E-state index contributed by atoms with van der Waals surface area (Å²) in [5.74, 6) is -0.412. The Morgan fingerprint density at radius 3 is 2.90 bits per heavy atom. The van der Waals surface area contributed by atoms with Gasteiger partial charge in [0, 0.05) is 17.3 Å². The number of carbonyl (C=O) groups excluding carboxylic acids is 1. The van der Waals surface area contributed by atoms with E-state index in [0.717, 1.165) is 4.90 Å². The summed E-state index contributed by atoms with van der Waals surface area (Å²) in [4.78, 5) is 24.8. The number of anilines is 1. The first-order chi connectivity index (χ1) is 9.61. The Hall–Kier alpha value is -2.15. The molecule has 2 aromatic rings. The van der Waals surface area contributed by atoms with Crippen LogP contribution in [0.3, 0.4) is 0 Å². The smallest absolute Gasteiger partial charge is 0.341 e. The van der Waals surface area contributed by atoms with Gasteiger partial charge in [0.1, 0.15) is 0 Å². The van der Waals surface area contributed by atoms with Crippen LogP contribution >= 0.6 is 11.8 Å². The molecule has 0 bridgehead atoms. The summed E-state index contributed by atoms with van der Waals surface area (Å²) in [6.07, 6.45) is 4.70. The Bertz CT molecular complexity index is 634. The molecule has 0 saturated heterocycles. The highest BCUT2D eigenvalue weighted by atomic mass is 32.2. The topological polar surface area (TPSA) is 91.0 Å². The molecule has 0 atom stereocenters. The molecule has 2 heterocycles. The van der Waals surface area contributed by atoms with Gasteiger partial charge in [0.05, 0.1) is 29.7 Å². The number of ether oxygens (including phenoxy) is 1. The van der Waals surface area contributed by atoms with Crippen molar-refractivity contribution in [3.8, 4) is 0 Å². The number of pyridine rings is 1. The minimum Gasteiger partial charge on any atom is -0.462 e. The maximum absolute atomic E-state index is 11.7. The van der Waals surface area contributed by atoms with Gasteiger partial charge in [-0.05, 0) is 31.7 Å². The van der Waals surface area contributed by atoms with E-state index in [1.807, 2.05) is 0 Å². The van der Waals surface area contributed by atoms with Gasteiger partial charge in [-0.2, -0.15) is 0 Å². The van der Waals surface area contributed by atoms with E-state index in [4.69, 9.17) is 10.5 Å². The number of rotatable bonds is 4. The number of aromatic nitrogens is 3. The molecule has 0 spiro atoms. The van der Waals surface area contributed by atoms with Crippen molar-refractivity contribution in [2.24, 2.45) is 0 Å². The van der Waals surface area contributed by atoms with Crippen molar-refractivity contribution in [3.05, 3.63) is 35.9 Å². The van der Waals surface area contributed by atoms with Crippen molar-refractivity contribution >= 4 is 23.4 Å². The van der Waals surface area contributed by atoms with Crippen LogP contribution in [0.1, 0.15) is 23.0 Å². The van der Waals surface area contributed by atoms with Gasteiger partial charge < -0.3 is 10.5 Å². The van der Waals surface area contributed by atoms with Gasteiger partial charge in [-0.25, -0.2) is 14.8 Å². The summed E-state index contributed by atoms with van der Waals surface area (Å²) in [6, 6.07) is 1.79. The van der Waals surface area contributed by atoms with E-state index in [9.17, 15) is 4.79 Å². The van der Waals surface area contributed by atoms with Crippen LogP contribution in [0.15, 0.2) is 34.7 Å². The molecule has 0 radical (unpaired) electrons. The number of nitrogen functional groups attached to an aromatic ring is 1. The molecule has 0 aliphatic rings. The molecule has 0 amide bonds. The molecule has 2 aromatic heterocycles. The van der Waals surface area contributed by atoms with Gasteiger partial charge in [0.25, 0.3) is 0 Å². The molecule has 0 fully saturated rings. The fourth-order valence-corrected chi connectivity index (χ4v) is 2.27. The summed E-state index contributed by atoms with van der Waals surface area (Å²) in [7, 11) is 0. The highest BCUT2D eigenvalue weighted by Crippen LogP contribution is 2.29. The Kier molecular flexibility index (Phi) is 4.52. The molecule has 0 aromatic carbocycles. The van der Waals surface area contributed by atoms with Gasteiger partial charge >= 0.3 is 5.97 Å². The lowest BCUT2D eigenvalue weighted by atomic mass is 10.2. The SMILES string of the molecule is CCOC(=O)c1cnc(Sc2ccncc2N)nc1C. The lowest BCUT2D eigenvalue weighted by Crippen LogP contribution is -2.09. The molecule has 0 unspecified atom stereocenters. The van der Waals surface area contributed by atoms with Gasteiger partial charge in [-0.15, -0.1) is 0 Å². The second-order valence-corrected chi connectivity index (χ2v) is 4.90. The van der Waals surface area contributed by atoms with E-state index in [-0.39, 0.29) is 0 Å². The first kappa shape index (κ1) is 14.3. The van der Waals surface area contributed by atoms with Crippen molar-refractivity contribution in [1.82, 2.24) is 15.0 Å². The average molecular weight is 290 g/mol. The number of nitrogens with two attached hydrogens (primary N) is 1. The van der Waals surface area contributed by atoms with E-state index in [1.54, 1.807) is 32.3 Å². The second-order valence-electron chi connectivity index (χ2n) is 3.89. The number of hydrogen-bond donors (Lipinski definition) is 1. The molecule has 2 rings (SSSR count). The summed E-state index contributed by atoms with van der Waals surface area (Å²) in [5, 5.41) is 0.522. The first-order valence-electron chi connectivity index (χ1n) is 6.00. The van der Waals surface area contributed by atoms with Crippen LogP contribution in [-0.2, 0) is 4.74 Å². The van der Waals surface area contributed by atoms with Crippen molar-refractivity contribution in [2.75, 3.05) is 12.3 Å². The lowest BCUT2D eigenvalue weighted by Gasteiger charge is -2.07. The molecular formula is C13H14N4O2S. The monoisotopic (exact) mass is 290 g/mol. The highest BCUT2D eigenvalue weighted by Gasteiger charge is 2.13. The zero-order valence-corrected chi connectivity index (χ0v) is 12.0. The van der Waals surface area contributed by atoms with Crippen LogP contribution in [-0.4, -0.2) is 27.5 Å². The van der Waals surface area contributed by atoms with E-state index < -0.39 is 5.97 Å². The maximum Gasteiger partial charge on any atom is 0.341 e. The van der Waals surface area contributed by atoms with Crippen molar-refractivity contribution in [1.29, 1.82) is 0 Å². The van der Waals surface area contributed by atoms with Crippen LogP contribution in [0.25, 0.3) is 0 Å². The third-order valence-corrected chi connectivity index (χ3v) is 3.43. The van der Waals surface area contributed by atoms with E-state index in [2.05, 4.69) is 15.0 Å². The Morgan fingerprint density at radius 1 is 1.45 bits per heavy atom. The number of hydrogen-bond acceptors (Lipinski definition) is 7. The second kappa shape index (κ2) is 6.33. The quantitative estimate of drug-likeness (QED) is 0.681. The third kappa shape index (κ3) is 3.24. The summed E-state index contributed by atoms with van der Waals surface area (Å²) < 4.78 is 4.93. The van der Waals surface area contributed by atoms with Crippen LogP contribution in [0.2, 0.25) is 0 Å². The number of esters is 1. The lowest BCUT2D eigenvalue weighted by molar-refractivity contribution is 0.0524. The summed E-state index contributed by atoms with van der Waals surface area (Å²) in [6.45, 7) is 3.82. The minimum absolute atomic E-state index is 0.322. The van der Waals surface area contributed by atoms with Gasteiger partial charge in [-0.1, -0.05) is 0 Å². The molecule has 2 N–H and O–H groups in total. The molecular weight excluding hydrogens is 276 g/mol. The predicted molar refractivity (Wildman–Crippen MR) is 75.5 cm³/mol. The third-order valence-electron chi connectivity index (χ3n) is 2.46. The molecule has 0 aliphatic heterocycles. The zero-order valence-electron chi connectivity index (χ0n) is 11.2. The van der Waals surface area contributed by atoms with E-state index in [0.29, 0.717) is 28.7 Å². The Morgan fingerprint density at radius 2 is 2.25 bits per heavy atom. The average Bonchev–Trinajstić information content (AvgIpc) is 2.42. The van der Waals surface area contributed by atoms with Gasteiger partial charge in [0.2, 0.25) is 0 Å². The van der Waals surface area contributed by atoms with Crippen molar-refractivity contribution in [3.63, 3.8) is 0 Å². The summed E-state index contributed by atoms with van der Waals surface area (Å²) in [5.41, 5.74) is 7.33. The van der Waals surface area contributed by atoms with Crippen LogP contribution in [0.5, 0.6) is 0 Å². The van der Waals surface area contributed by atoms with Crippen molar-refractivity contribution < 1.29 is 9.53 Å². The molecule has 20 heavy (non-hydrogen) atoms. The number of nitrogens with zero attached hydrogens (tertiary/aromatic N) is 3. The minimum atomic E-state index is -0.412. The molecule has 0 aliphatic carbocycles. The van der Waals surface area contributed by atoms with Crippen LogP contribution in [0, 0.1) is 6.92 Å². The molecule has 7 heteroatoms. The van der Waals surface area contributed by atoms with E-state index in [1.165, 1.54) is 18.0 Å². The standard InChI is InChI=1S/C13H14N4O2S/c1-3-19-12(18)9-6-16-13(17-8(9)2)20-11-4-5-15-7-10(11)14/h4-7H,3,14H2,1-2H3. The fourth-order valence-electron chi connectivity index (χ4n) is 1.49. The zero-order chi connectivity index (χ0) is 14.5. The summed E-state index contributed by atoms with van der Waals surface area (Å²) >= 11 is 1.32. The van der Waals surface area contributed by atoms with Crippen LogP contribution in [0.4, 0.5) is 5.69 Å². The molecule has 104 valence electrons. The highest BCUT2D eigenvalue weighted by molar-refractivity contribution is 7.99. The fraction of sp³-hybridized carbons (Fsp3) is 0.231. The van der Waals surface area contributed by atoms with Crippen molar-refractivity contribution in [2.45, 2.75) is 23.9 Å². The van der Waals surface area contributed by atoms with Crippen LogP contribution < -0.4 is 5.73 Å². The largest absolute Gasteiger partial charge is 0.462 e. The predicted octanol–water partition coefficient (Wildman–Crippen LogP) is 2.09. The van der Waals surface area contributed by atoms with Gasteiger partial charge in [-0.3, -0.25) is 4.98 Å². The molecule has 6 nitrogen and oxygen atoms in total. The first-order valence-corrected chi connectivity index (χ1v) is 6.81. The normalized spacial score (nSPS) is 10.3. The maximum atomic E-state index is 11.7. The molecule has 0 saturated carbocycles. The Balaban J connectivity index is 2.21.